The van der Waals surface area contributed by atoms with Crippen LogP contribution in [0.5, 0.6) is 0 Å². The molecule has 0 aliphatic heterocycles. The number of alkyl halides is 3. The molecule has 8 nitrogen and oxygen atoms in total. The van der Waals surface area contributed by atoms with E-state index in [0.29, 0.717) is 22.3 Å². The minimum absolute atomic E-state index is 0.170. The van der Waals surface area contributed by atoms with Gasteiger partial charge in [-0.3, -0.25) is 9.59 Å². The average Bonchev–Trinajstić information content (AvgIpc) is 3.40. The van der Waals surface area contributed by atoms with Crippen LogP contribution in [0, 0.1) is 17.2 Å². The number of carbonyl (C=O) groups is 2. The Hall–Kier alpha value is -4.69. The minimum atomic E-state index is -5.00. The molecule has 0 saturated heterocycles. The number of pyridine rings is 1. The van der Waals surface area contributed by atoms with Crippen molar-refractivity contribution in [1.29, 1.82) is 5.26 Å². The Labute approximate surface area is 234 Å². The van der Waals surface area contributed by atoms with E-state index in [0.717, 1.165) is 37.8 Å². The standard InChI is InChI=1S/C30H27F3N6O2/c31-30(32,33)39(24-12-6-19(17-34)7-13-24)29(41)22-14-15-38-26(16-22)25(18-36-38)20-8-10-23(11-9-20)37-28(40)27(35)21-4-2-1-3-5-21/h6-16,18,21,27H,1-5,35H2,(H,37,40). The van der Waals surface area contributed by atoms with Gasteiger partial charge in [0.15, 0.2) is 0 Å². The zero-order chi connectivity index (χ0) is 29.1. The van der Waals surface area contributed by atoms with Crippen LogP contribution in [0.2, 0.25) is 0 Å². The maximum atomic E-state index is 14.0. The number of aromatic nitrogens is 2. The van der Waals surface area contributed by atoms with Gasteiger partial charge in [-0.05, 0) is 72.9 Å². The number of anilines is 2. The number of hydrogen-bond acceptors (Lipinski definition) is 5. The Morgan fingerprint density at radius 2 is 1.73 bits per heavy atom. The van der Waals surface area contributed by atoms with Crippen molar-refractivity contribution in [2.75, 3.05) is 10.2 Å². The molecule has 11 heteroatoms. The molecule has 0 radical (unpaired) electrons. The predicted molar refractivity (Wildman–Crippen MR) is 148 cm³/mol. The highest BCUT2D eigenvalue weighted by Crippen LogP contribution is 2.32. The number of hydrogen-bond donors (Lipinski definition) is 2. The summed E-state index contributed by atoms with van der Waals surface area (Å²) in [6, 6.07) is 15.4. The second kappa shape index (κ2) is 11.4. The lowest BCUT2D eigenvalue weighted by molar-refractivity contribution is -0.122. The zero-order valence-corrected chi connectivity index (χ0v) is 21.9. The van der Waals surface area contributed by atoms with Gasteiger partial charge in [-0.15, -0.1) is 13.2 Å². The Kier molecular flexibility index (Phi) is 7.77. The average molecular weight is 561 g/mol. The molecule has 2 amide bonds. The largest absolute Gasteiger partial charge is 0.491 e. The summed E-state index contributed by atoms with van der Waals surface area (Å²) in [5.74, 6) is -1.34. The molecular formula is C30H27F3N6O2. The molecule has 210 valence electrons. The maximum Gasteiger partial charge on any atom is 0.491 e. The molecule has 3 N–H and O–H groups in total. The first-order chi connectivity index (χ1) is 19.7. The SMILES string of the molecule is N#Cc1ccc(N(C(=O)c2ccn3ncc(-c4ccc(NC(=O)C(N)C5CCCCC5)cc4)c3c2)C(F)(F)F)cc1. The van der Waals surface area contributed by atoms with Crippen molar-refractivity contribution in [3.8, 4) is 17.2 Å². The first-order valence-corrected chi connectivity index (χ1v) is 13.2. The molecule has 1 fully saturated rings. The fourth-order valence-electron chi connectivity index (χ4n) is 5.20. The molecule has 4 aromatic rings. The third-order valence-corrected chi connectivity index (χ3v) is 7.40. The van der Waals surface area contributed by atoms with Crippen molar-refractivity contribution in [2.45, 2.75) is 44.4 Å². The fourth-order valence-corrected chi connectivity index (χ4v) is 5.20. The molecule has 1 saturated carbocycles. The smallest absolute Gasteiger partial charge is 0.325 e. The number of halogens is 3. The van der Waals surface area contributed by atoms with Crippen molar-refractivity contribution in [2.24, 2.45) is 11.7 Å². The molecule has 0 bridgehead atoms. The predicted octanol–water partition coefficient (Wildman–Crippen LogP) is 5.89. The molecule has 5 rings (SSSR count). The van der Waals surface area contributed by atoms with E-state index in [9.17, 15) is 22.8 Å². The lowest BCUT2D eigenvalue weighted by Gasteiger charge is -2.26. The van der Waals surface area contributed by atoms with Gasteiger partial charge in [0.2, 0.25) is 5.91 Å². The van der Waals surface area contributed by atoms with Crippen molar-refractivity contribution in [1.82, 2.24) is 9.61 Å². The molecule has 1 unspecified atom stereocenters. The van der Waals surface area contributed by atoms with Crippen LogP contribution >= 0.6 is 0 Å². The minimum Gasteiger partial charge on any atom is -0.325 e. The first kappa shape index (κ1) is 27.9. The van der Waals surface area contributed by atoms with Gasteiger partial charge in [-0.2, -0.15) is 10.4 Å². The van der Waals surface area contributed by atoms with E-state index in [1.165, 1.54) is 41.4 Å². The fraction of sp³-hybridized carbons (Fsp3) is 0.267. The van der Waals surface area contributed by atoms with E-state index in [2.05, 4.69) is 10.4 Å². The van der Waals surface area contributed by atoms with Gasteiger partial charge >= 0.3 is 6.30 Å². The number of carbonyl (C=O) groups excluding carboxylic acids is 2. The van der Waals surface area contributed by atoms with Crippen LogP contribution < -0.4 is 16.0 Å². The van der Waals surface area contributed by atoms with Crippen molar-refractivity contribution in [3.63, 3.8) is 0 Å². The second-order valence-electron chi connectivity index (χ2n) is 10.1. The highest BCUT2D eigenvalue weighted by Gasteiger charge is 2.42. The van der Waals surface area contributed by atoms with E-state index in [-0.39, 0.29) is 27.9 Å². The molecule has 0 spiro atoms. The van der Waals surface area contributed by atoms with Crippen molar-refractivity contribution < 1.29 is 22.8 Å². The summed E-state index contributed by atoms with van der Waals surface area (Å²) in [7, 11) is 0. The number of amides is 2. The molecule has 41 heavy (non-hydrogen) atoms. The number of nitriles is 1. The van der Waals surface area contributed by atoms with Crippen LogP contribution in [0.1, 0.15) is 48.0 Å². The van der Waals surface area contributed by atoms with Crippen LogP contribution in [0.4, 0.5) is 24.5 Å². The number of fused-ring (bicyclic) bond motifs is 1. The highest BCUT2D eigenvalue weighted by atomic mass is 19.4. The Morgan fingerprint density at radius 1 is 1.05 bits per heavy atom. The Morgan fingerprint density at radius 3 is 2.37 bits per heavy atom. The summed E-state index contributed by atoms with van der Waals surface area (Å²) in [4.78, 5) is 25.6. The van der Waals surface area contributed by atoms with Gasteiger partial charge in [-0.1, -0.05) is 31.4 Å². The van der Waals surface area contributed by atoms with E-state index in [1.54, 1.807) is 30.5 Å². The third kappa shape index (κ3) is 5.93. The number of nitrogens with two attached hydrogens (primary N) is 1. The van der Waals surface area contributed by atoms with Gasteiger partial charge in [-0.25, -0.2) is 9.42 Å². The quantitative estimate of drug-likeness (QED) is 0.286. The number of nitrogens with zero attached hydrogens (tertiary/aromatic N) is 4. The molecule has 2 heterocycles. The van der Waals surface area contributed by atoms with E-state index < -0.39 is 23.9 Å². The highest BCUT2D eigenvalue weighted by molar-refractivity contribution is 6.07. The van der Waals surface area contributed by atoms with Crippen LogP contribution in [-0.4, -0.2) is 33.8 Å². The summed E-state index contributed by atoms with van der Waals surface area (Å²) < 4.78 is 43.4. The van der Waals surface area contributed by atoms with Crippen molar-refractivity contribution in [3.05, 3.63) is 84.2 Å². The van der Waals surface area contributed by atoms with E-state index in [4.69, 9.17) is 11.0 Å². The van der Waals surface area contributed by atoms with Crippen LogP contribution in [0.25, 0.3) is 16.6 Å². The van der Waals surface area contributed by atoms with Gasteiger partial charge < -0.3 is 11.1 Å². The summed E-state index contributed by atoms with van der Waals surface area (Å²) in [5, 5.41) is 16.1. The van der Waals surface area contributed by atoms with E-state index >= 15 is 0 Å². The molecule has 1 aliphatic carbocycles. The third-order valence-electron chi connectivity index (χ3n) is 7.40. The van der Waals surface area contributed by atoms with E-state index in [1.807, 2.05) is 6.07 Å². The molecule has 1 aliphatic rings. The zero-order valence-electron chi connectivity index (χ0n) is 21.9. The van der Waals surface area contributed by atoms with Crippen LogP contribution in [-0.2, 0) is 4.79 Å². The summed E-state index contributed by atoms with van der Waals surface area (Å²) in [5.41, 5.74) is 8.06. The second-order valence-corrected chi connectivity index (χ2v) is 10.1. The Bertz CT molecular complexity index is 1600. The lowest BCUT2D eigenvalue weighted by Crippen LogP contribution is -2.43. The first-order valence-electron chi connectivity index (χ1n) is 13.2. The number of benzene rings is 2. The summed E-state index contributed by atoms with van der Waals surface area (Å²) >= 11 is 0. The lowest BCUT2D eigenvalue weighted by atomic mass is 9.84. The summed E-state index contributed by atoms with van der Waals surface area (Å²) in [6.45, 7) is 0. The van der Waals surface area contributed by atoms with Crippen LogP contribution in [0.3, 0.4) is 0 Å². The van der Waals surface area contributed by atoms with Gasteiger partial charge in [0.25, 0.3) is 5.91 Å². The van der Waals surface area contributed by atoms with Gasteiger partial charge in [0.1, 0.15) is 0 Å². The number of rotatable bonds is 6. The topological polar surface area (TPSA) is 117 Å². The Balaban J connectivity index is 1.38. The summed E-state index contributed by atoms with van der Waals surface area (Å²) in [6.07, 6.45) is 3.19. The van der Waals surface area contributed by atoms with Crippen molar-refractivity contribution >= 4 is 28.7 Å². The molecule has 2 aromatic heterocycles. The molecule has 2 aromatic carbocycles. The van der Waals surface area contributed by atoms with Crippen LogP contribution in [0.15, 0.2) is 73.1 Å². The van der Waals surface area contributed by atoms with Gasteiger partial charge in [0, 0.05) is 23.0 Å². The molecule has 1 atom stereocenters. The monoisotopic (exact) mass is 560 g/mol. The normalized spacial score (nSPS) is 14.8. The maximum absolute atomic E-state index is 14.0. The number of nitrogens with one attached hydrogen (secondary N) is 1. The van der Waals surface area contributed by atoms with Gasteiger partial charge in [0.05, 0.1) is 35.1 Å². The molecular weight excluding hydrogens is 533 g/mol.